The number of hydrogen-bond donors (Lipinski definition) is 1. The van der Waals surface area contributed by atoms with E-state index in [0.717, 1.165) is 53.6 Å². The van der Waals surface area contributed by atoms with Gasteiger partial charge in [0.05, 0.1) is 11.1 Å². The van der Waals surface area contributed by atoms with Gasteiger partial charge in [0.1, 0.15) is 5.82 Å². The monoisotopic (exact) mass is 336 g/mol. The average molecular weight is 336 g/mol. The summed E-state index contributed by atoms with van der Waals surface area (Å²) < 4.78 is 1.83. The fraction of sp³-hybridized carbons (Fsp3) is 0.421. The van der Waals surface area contributed by atoms with Gasteiger partial charge in [-0.15, -0.1) is 0 Å². The molecule has 3 aromatic rings. The van der Waals surface area contributed by atoms with Crippen LogP contribution in [0.1, 0.15) is 29.8 Å². The minimum absolute atomic E-state index is 0.762. The van der Waals surface area contributed by atoms with E-state index in [-0.39, 0.29) is 0 Å². The molecule has 0 aliphatic carbocycles. The molecule has 1 fully saturated rings. The lowest BCUT2D eigenvalue weighted by Gasteiger charge is -2.18. The molecule has 1 N–H and O–H groups in total. The van der Waals surface area contributed by atoms with Crippen LogP contribution in [-0.2, 0) is 13.6 Å². The van der Waals surface area contributed by atoms with Gasteiger partial charge in [-0.2, -0.15) is 5.10 Å². The van der Waals surface area contributed by atoms with Gasteiger partial charge in [-0.1, -0.05) is 0 Å². The second-order valence-electron chi connectivity index (χ2n) is 6.79. The molecule has 0 amide bonds. The summed E-state index contributed by atoms with van der Waals surface area (Å²) in [6, 6.07) is 6.38. The van der Waals surface area contributed by atoms with Crippen LogP contribution in [-0.4, -0.2) is 32.8 Å². The topological polar surface area (TPSA) is 58.9 Å². The molecule has 0 bridgehead atoms. The van der Waals surface area contributed by atoms with Crippen LogP contribution in [0.3, 0.4) is 0 Å². The Bertz CT molecular complexity index is 908. The lowest BCUT2D eigenvalue weighted by atomic mass is 10.2. The normalized spacial score (nSPS) is 14.4. The van der Waals surface area contributed by atoms with E-state index in [1.165, 1.54) is 18.4 Å². The third-order valence-electron chi connectivity index (χ3n) is 4.81. The Kier molecular flexibility index (Phi) is 4.03. The zero-order chi connectivity index (χ0) is 17.4. The first-order chi connectivity index (χ1) is 12.1. The summed E-state index contributed by atoms with van der Waals surface area (Å²) in [5.41, 5.74) is 5.30. The zero-order valence-electron chi connectivity index (χ0n) is 15.1. The molecule has 0 aromatic carbocycles. The minimum Gasteiger partial charge on any atom is -0.380 e. The van der Waals surface area contributed by atoms with Crippen molar-refractivity contribution in [2.45, 2.75) is 33.2 Å². The van der Waals surface area contributed by atoms with Crippen LogP contribution in [0.5, 0.6) is 0 Å². The van der Waals surface area contributed by atoms with Crippen molar-refractivity contribution in [3.05, 3.63) is 41.3 Å². The third-order valence-corrected chi connectivity index (χ3v) is 4.81. The lowest BCUT2D eigenvalue weighted by Crippen LogP contribution is -2.19. The fourth-order valence-corrected chi connectivity index (χ4v) is 3.65. The van der Waals surface area contributed by atoms with Crippen LogP contribution < -0.4 is 10.2 Å². The molecule has 4 rings (SSSR count). The maximum Gasteiger partial charge on any atom is 0.159 e. The van der Waals surface area contributed by atoms with Crippen LogP contribution in [0.4, 0.5) is 11.5 Å². The van der Waals surface area contributed by atoms with Crippen LogP contribution in [0.25, 0.3) is 11.0 Å². The Labute approximate surface area is 147 Å². The molecule has 3 aromatic heterocycles. The Balaban J connectivity index is 1.59. The maximum atomic E-state index is 4.71. The number of hydrogen-bond acceptors (Lipinski definition) is 5. The maximum absolute atomic E-state index is 4.71. The van der Waals surface area contributed by atoms with E-state index in [4.69, 9.17) is 4.98 Å². The summed E-state index contributed by atoms with van der Waals surface area (Å²) in [4.78, 5) is 11.5. The first-order valence-electron chi connectivity index (χ1n) is 8.86. The highest BCUT2D eigenvalue weighted by molar-refractivity contribution is 5.91. The number of nitrogens with zero attached hydrogens (tertiary/aromatic N) is 5. The highest BCUT2D eigenvalue weighted by Gasteiger charge is 2.15. The van der Waals surface area contributed by atoms with Gasteiger partial charge in [-0.05, 0) is 50.5 Å². The molecule has 1 aliphatic rings. The number of aromatic nitrogens is 4. The molecule has 0 radical (unpaired) electrons. The molecule has 6 heteroatoms. The Morgan fingerprint density at radius 3 is 2.76 bits per heavy atom. The molecular weight excluding hydrogens is 312 g/mol. The minimum atomic E-state index is 0.762. The summed E-state index contributed by atoms with van der Waals surface area (Å²) in [7, 11) is 1.93. The molecule has 1 aliphatic heterocycles. The second kappa shape index (κ2) is 6.35. The summed E-state index contributed by atoms with van der Waals surface area (Å²) in [5.74, 6) is 1.10. The molecule has 130 valence electrons. The SMILES string of the molecule is Cc1cc(CNc2ccnc3c2c(C)nn3C)cc(N2CCCC2)n1. The van der Waals surface area contributed by atoms with Gasteiger partial charge in [-0.25, -0.2) is 9.97 Å². The van der Waals surface area contributed by atoms with Crippen molar-refractivity contribution in [3.8, 4) is 0 Å². The molecule has 0 atom stereocenters. The Hall–Kier alpha value is -2.63. The van der Waals surface area contributed by atoms with E-state index in [2.05, 4.69) is 39.4 Å². The van der Waals surface area contributed by atoms with Crippen molar-refractivity contribution in [2.75, 3.05) is 23.3 Å². The van der Waals surface area contributed by atoms with Crippen molar-refractivity contribution in [2.24, 2.45) is 7.05 Å². The number of nitrogens with one attached hydrogen (secondary N) is 1. The largest absolute Gasteiger partial charge is 0.380 e. The summed E-state index contributed by atoms with van der Waals surface area (Å²) >= 11 is 0. The van der Waals surface area contributed by atoms with Crippen molar-refractivity contribution in [1.82, 2.24) is 19.7 Å². The van der Waals surface area contributed by atoms with Crippen molar-refractivity contribution < 1.29 is 0 Å². The third kappa shape index (κ3) is 3.04. The molecular formula is C19H24N6. The van der Waals surface area contributed by atoms with Crippen LogP contribution in [0, 0.1) is 13.8 Å². The standard InChI is InChI=1S/C19H24N6/c1-13-10-15(11-17(22-13)25-8-4-5-9-25)12-21-16-6-7-20-19-18(16)14(2)23-24(19)3/h6-7,10-11H,4-5,8-9,12H2,1-3H3,(H,20,21). The summed E-state index contributed by atoms with van der Waals surface area (Å²) in [6.45, 7) is 7.08. The Morgan fingerprint density at radius 2 is 1.96 bits per heavy atom. The van der Waals surface area contributed by atoms with E-state index in [0.29, 0.717) is 0 Å². The van der Waals surface area contributed by atoms with Gasteiger partial charge in [0.25, 0.3) is 0 Å². The van der Waals surface area contributed by atoms with E-state index >= 15 is 0 Å². The van der Waals surface area contributed by atoms with Gasteiger partial charge >= 0.3 is 0 Å². The first kappa shape index (κ1) is 15.9. The van der Waals surface area contributed by atoms with Crippen LogP contribution >= 0.6 is 0 Å². The molecule has 6 nitrogen and oxygen atoms in total. The van der Waals surface area contributed by atoms with Gasteiger partial charge in [0, 0.05) is 44.3 Å². The first-order valence-corrected chi connectivity index (χ1v) is 8.86. The van der Waals surface area contributed by atoms with Crippen molar-refractivity contribution in [1.29, 1.82) is 0 Å². The van der Waals surface area contributed by atoms with Gasteiger partial charge < -0.3 is 10.2 Å². The number of rotatable bonds is 4. The highest BCUT2D eigenvalue weighted by atomic mass is 15.3. The number of anilines is 2. The lowest BCUT2D eigenvalue weighted by molar-refractivity contribution is 0.774. The average Bonchev–Trinajstić information content (AvgIpc) is 3.22. The number of aryl methyl sites for hydroxylation is 3. The molecule has 25 heavy (non-hydrogen) atoms. The molecule has 0 saturated carbocycles. The van der Waals surface area contributed by atoms with Gasteiger partial charge in [0.15, 0.2) is 5.65 Å². The molecule has 4 heterocycles. The van der Waals surface area contributed by atoms with E-state index < -0.39 is 0 Å². The molecule has 0 unspecified atom stereocenters. The van der Waals surface area contributed by atoms with E-state index in [9.17, 15) is 0 Å². The van der Waals surface area contributed by atoms with Crippen molar-refractivity contribution in [3.63, 3.8) is 0 Å². The molecule has 1 saturated heterocycles. The highest BCUT2D eigenvalue weighted by Crippen LogP contribution is 2.25. The quantitative estimate of drug-likeness (QED) is 0.793. The van der Waals surface area contributed by atoms with Gasteiger partial charge in [-0.3, -0.25) is 4.68 Å². The van der Waals surface area contributed by atoms with Crippen LogP contribution in [0.2, 0.25) is 0 Å². The van der Waals surface area contributed by atoms with Gasteiger partial charge in [0.2, 0.25) is 0 Å². The summed E-state index contributed by atoms with van der Waals surface area (Å²) in [5, 5.41) is 9.14. The predicted molar refractivity (Wildman–Crippen MR) is 101 cm³/mol. The fourth-order valence-electron chi connectivity index (χ4n) is 3.65. The Morgan fingerprint density at radius 1 is 1.16 bits per heavy atom. The van der Waals surface area contributed by atoms with Crippen molar-refractivity contribution >= 4 is 22.5 Å². The van der Waals surface area contributed by atoms with Crippen LogP contribution in [0.15, 0.2) is 24.4 Å². The molecule has 0 spiro atoms. The smallest absolute Gasteiger partial charge is 0.159 e. The summed E-state index contributed by atoms with van der Waals surface area (Å²) in [6.07, 6.45) is 4.36. The number of pyridine rings is 2. The number of fused-ring (bicyclic) bond motifs is 1. The zero-order valence-corrected chi connectivity index (χ0v) is 15.1. The predicted octanol–water partition coefficient (Wildman–Crippen LogP) is 3.19. The van der Waals surface area contributed by atoms with E-state index in [1.54, 1.807) is 0 Å². The van der Waals surface area contributed by atoms with E-state index in [1.807, 2.05) is 30.9 Å². The second-order valence-corrected chi connectivity index (χ2v) is 6.79.